The molecule has 4 rings (SSSR count). The van der Waals surface area contributed by atoms with E-state index in [0.29, 0.717) is 0 Å². The molecule has 2 nitrogen and oxygen atoms in total. The Balaban J connectivity index is 2.20. The van der Waals surface area contributed by atoms with Crippen LogP contribution in [0, 0.1) is 0 Å². The Hall–Kier alpha value is -2.87. The maximum absolute atomic E-state index is 4.58. The first-order valence-electron chi connectivity index (χ1n) is 6.95. The summed E-state index contributed by atoms with van der Waals surface area (Å²) in [4.78, 5) is 4.58. The summed E-state index contributed by atoms with van der Waals surface area (Å²) >= 11 is 0. The molecule has 0 fully saturated rings. The second-order valence-electron chi connectivity index (χ2n) is 5.02. The molecule has 100 valence electrons. The van der Waals surface area contributed by atoms with Crippen LogP contribution < -0.4 is 0 Å². The van der Waals surface area contributed by atoms with E-state index in [9.17, 15) is 0 Å². The molecule has 0 aliphatic heterocycles. The molecule has 0 aliphatic rings. The number of pyridine rings is 1. The lowest BCUT2D eigenvalue weighted by Crippen LogP contribution is -1.92. The number of fused-ring (bicyclic) bond motifs is 3. The van der Waals surface area contributed by atoms with Crippen molar-refractivity contribution in [1.29, 1.82) is 0 Å². The Morgan fingerprint density at radius 1 is 0.905 bits per heavy atom. The first-order valence-corrected chi connectivity index (χ1v) is 6.95. The molecular formula is C19H14N2. The molecule has 2 aromatic carbocycles. The number of hydrogen-bond acceptors (Lipinski definition) is 1. The Labute approximate surface area is 123 Å². The van der Waals surface area contributed by atoms with Crippen molar-refractivity contribution in [2.24, 2.45) is 0 Å². The Kier molecular flexibility index (Phi) is 2.61. The summed E-state index contributed by atoms with van der Waals surface area (Å²) in [6.45, 7) is 3.86. The maximum Gasteiger partial charge on any atom is 0.0963 e. The number of hydrogen-bond donors (Lipinski definition) is 0. The molecule has 0 aliphatic carbocycles. The van der Waals surface area contributed by atoms with E-state index >= 15 is 0 Å². The quantitative estimate of drug-likeness (QED) is 0.510. The summed E-state index contributed by atoms with van der Waals surface area (Å²) < 4.78 is 2.25. The lowest BCUT2D eigenvalue weighted by molar-refractivity contribution is 1.17. The molecule has 2 heterocycles. The minimum atomic E-state index is 1.03. The summed E-state index contributed by atoms with van der Waals surface area (Å²) in [5.41, 5.74) is 5.58. The van der Waals surface area contributed by atoms with Crippen LogP contribution in [0.4, 0.5) is 0 Å². The highest BCUT2D eigenvalue weighted by Gasteiger charge is 2.12. The molecule has 0 unspecified atom stereocenters. The molecule has 4 aromatic rings. The average molecular weight is 270 g/mol. The van der Waals surface area contributed by atoms with Crippen LogP contribution in [0.15, 0.2) is 73.4 Å². The summed E-state index contributed by atoms with van der Waals surface area (Å²) in [5.74, 6) is 0. The third-order valence-electron chi connectivity index (χ3n) is 3.79. The van der Waals surface area contributed by atoms with Gasteiger partial charge in [0, 0.05) is 17.3 Å². The van der Waals surface area contributed by atoms with Gasteiger partial charge in [-0.1, -0.05) is 36.9 Å². The average Bonchev–Trinajstić information content (AvgIpc) is 2.89. The van der Waals surface area contributed by atoms with Gasteiger partial charge in [-0.15, -0.1) is 0 Å². The molecule has 0 spiro atoms. The molecule has 21 heavy (non-hydrogen) atoms. The summed E-state index contributed by atoms with van der Waals surface area (Å²) in [6.07, 6.45) is 3.71. The summed E-state index contributed by atoms with van der Waals surface area (Å²) in [7, 11) is 0. The van der Waals surface area contributed by atoms with E-state index in [1.807, 2.05) is 24.4 Å². The zero-order valence-electron chi connectivity index (χ0n) is 11.5. The van der Waals surface area contributed by atoms with Gasteiger partial charge < -0.3 is 4.57 Å². The van der Waals surface area contributed by atoms with Crippen molar-refractivity contribution < 1.29 is 0 Å². The molecule has 0 atom stereocenters. The van der Waals surface area contributed by atoms with Crippen LogP contribution in [0.1, 0.15) is 5.56 Å². The molecule has 2 aromatic heterocycles. The van der Waals surface area contributed by atoms with E-state index < -0.39 is 0 Å². The molecule has 0 bridgehead atoms. The minimum absolute atomic E-state index is 1.03. The standard InChI is InChI=1S/C19H14N2/c1-2-14-10-11-17-16(13-14)19-18(9-6-12-20-19)21(17)15-7-4-3-5-8-15/h2-13H,1H2. The maximum atomic E-state index is 4.58. The Bertz CT molecular complexity index is 949. The topological polar surface area (TPSA) is 17.8 Å². The first-order chi connectivity index (χ1) is 10.4. The van der Waals surface area contributed by atoms with Gasteiger partial charge in [-0.25, -0.2) is 0 Å². The lowest BCUT2D eigenvalue weighted by atomic mass is 10.1. The smallest absolute Gasteiger partial charge is 0.0963 e. The van der Waals surface area contributed by atoms with Gasteiger partial charge in [0.2, 0.25) is 0 Å². The zero-order valence-corrected chi connectivity index (χ0v) is 11.5. The number of aromatic nitrogens is 2. The van der Waals surface area contributed by atoms with Gasteiger partial charge in [0.1, 0.15) is 0 Å². The van der Waals surface area contributed by atoms with Gasteiger partial charge in [0.15, 0.2) is 0 Å². The van der Waals surface area contributed by atoms with Crippen molar-refractivity contribution in [1.82, 2.24) is 9.55 Å². The molecule has 0 saturated heterocycles. The van der Waals surface area contributed by atoms with Crippen molar-refractivity contribution in [2.45, 2.75) is 0 Å². The molecule has 0 amide bonds. The van der Waals surface area contributed by atoms with Crippen molar-refractivity contribution in [3.8, 4) is 5.69 Å². The monoisotopic (exact) mass is 270 g/mol. The van der Waals surface area contributed by atoms with Crippen molar-refractivity contribution >= 4 is 28.0 Å². The molecule has 0 N–H and O–H groups in total. The van der Waals surface area contributed by atoms with Crippen molar-refractivity contribution in [2.75, 3.05) is 0 Å². The van der Waals surface area contributed by atoms with Crippen LogP contribution in [0.2, 0.25) is 0 Å². The normalized spacial score (nSPS) is 11.0. The van der Waals surface area contributed by atoms with Crippen LogP contribution in [0.3, 0.4) is 0 Å². The third kappa shape index (κ3) is 1.77. The van der Waals surface area contributed by atoms with Crippen molar-refractivity contribution in [3.05, 3.63) is 79.0 Å². The highest BCUT2D eigenvalue weighted by molar-refractivity contribution is 6.07. The van der Waals surface area contributed by atoms with Crippen LogP contribution >= 0.6 is 0 Å². The van der Waals surface area contributed by atoms with E-state index in [-0.39, 0.29) is 0 Å². The third-order valence-corrected chi connectivity index (χ3v) is 3.79. The predicted molar refractivity (Wildman–Crippen MR) is 88.7 cm³/mol. The second-order valence-corrected chi connectivity index (χ2v) is 5.02. The van der Waals surface area contributed by atoms with Gasteiger partial charge in [0.25, 0.3) is 0 Å². The van der Waals surface area contributed by atoms with Gasteiger partial charge in [-0.2, -0.15) is 0 Å². The van der Waals surface area contributed by atoms with Gasteiger partial charge in [0.05, 0.1) is 16.6 Å². The van der Waals surface area contributed by atoms with Crippen LogP contribution in [-0.4, -0.2) is 9.55 Å². The summed E-state index contributed by atoms with van der Waals surface area (Å²) in [5, 5.41) is 1.16. The number of benzene rings is 2. The van der Waals surface area contributed by atoms with Crippen LogP contribution in [0.25, 0.3) is 33.7 Å². The SMILES string of the molecule is C=Cc1ccc2c(c1)c1ncccc1n2-c1ccccc1. The van der Waals surface area contributed by atoms with Gasteiger partial charge in [-0.3, -0.25) is 4.98 Å². The fourth-order valence-electron chi connectivity index (χ4n) is 2.84. The van der Waals surface area contributed by atoms with Crippen molar-refractivity contribution in [3.63, 3.8) is 0 Å². The highest BCUT2D eigenvalue weighted by atomic mass is 15.0. The van der Waals surface area contributed by atoms with E-state index in [2.05, 4.69) is 64.7 Å². The first kappa shape index (κ1) is 11.9. The minimum Gasteiger partial charge on any atom is -0.308 e. The Morgan fingerprint density at radius 2 is 1.76 bits per heavy atom. The van der Waals surface area contributed by atoms with Gasteiger partial charge in [-0.05, 0) is 42.0 Å². The largest absolute Gasteiger partial charge is 0.308 e. The molecule has 0 saturated carbocycles. The number of para-hydroxylation sites is 1. The number of rotatable bonds is 2. The van der Waals surface area contributed by atoms with Crippen LogP contribution in [-0.2, 0) is 0 Å². The van der Waals surface area contributed by atoms with Crippen LogP contribution in [0.5, 0.6) is 0 Å². The van der Waals surface area contributed by atoms with E-state index in [1.54, 1.807) is 0 Å². The highest BCUT2D eigenvalue weighted by Crippen LogP contribution is 2.31. The molecule has 2 heteroatoms. The number of nitrogens with zero attached hydrogens (tertiary/aromatic N) is 2. The molecule has 0 radical (unpaired) electrons. The fraction of sp³-hybridized carbons (Fsp3) is 0. The fourth-order valence-corrected chi connectivity index (χ4v) is 2.84. The van der Waals surface area contributed by atoms with Gasteiger partial charge >= 0.3 is 0 Å². The Morgan fingerprint density at radius 3 is 2.57 bits per heavy atom. The van der Waals surface area contributed by atoms with E-state index in [4.69, 9.17) is 0 Å². The predicted octanol–water partition coefficient (Wildman–Crippen LogP) is 4.82. The second kappa shape index (κ2) is 4.60. The van der Waals surface area contributed by atoms with E-state index in [1.165, 1.54) is 5.52 Å². The molecular weight excluding hydrogens is 256 g/mol. The zero-order chi connectivity index (χ0) is 14.2. The lowest BCUT2D eigenvalue weighted by Gasteiger charge is -2.06. The summed E-state index contributed by atoms with van der Waals surface area (Å²) in [6, 6.07) is 20.9. The van der Waals surface area contributed by atoms with E-state index in [0.717, 1.165) is 27.7 Å².